The van der Waals surface area contributed by atoms with Gasteiger partial charge in [-0.25, -0.2) is 9.97 Å². The van der Waals surface area contributed by atoms with E-state index < -0.39 is 0 Å². The van der Waals surface area contributed by atoms with Crippen LogP contribution in [-0.4, -0.2) is 16.5 Å². The van der Waals surface area contributed by atoms with Crippen LogP contribution in [0.5, 0.6) is 0 Å². The van der Waals surface area contributed by atoms with Gasteiger partial charge in [0.05, 0.1) is 0 Å². The molecule has 0 N–H and O–H groups in total. The summed E-state index contributed by atoms with van der Waals surface area (Å²) in [6.07, 6.45) is 1.50. The summed E-state index contributed by atoms with van der Waals surface area (Å²) >= 11 is 6.05. The molecule has 2 rings (SSSR count). The lowest BCUT2D eigenvalue weighted by atomic mass is 10.2. The summed E-state index contributed by atoms with van der Waals surface area (Å²) in [5.74, 6) is 0.862. The van der Waals surface area contributed by atoms with Gasteiger partial charge in [0.15, 0.2) is 0 Å². The fourth-order valence-corrected chi connectivity index (χ4v) is 2.00. The third kappa shape index (κ3) is 2.46. The molecule has 0 saturated heterocycles. The van der Waals surface area contributed by atoms with E-state index in [4.69, 9.17) is 11.6 Å². The molecule has 94 valence electrons. The lowest BCUT2D eigenvalue weighted by molar-refractivity contribution is 0.962. The summed E-state index contributed by atoms with van der Waals surface area (Å²) in [5.41, 5.74) is 3.26. The standard InChI is InChI=1S/C14H16ClN3/c1-4-18(12-7-5-10(2)6-8-12)14-11(3)13(15)16-9-17-14/h5-9H,4H2,1-3H3. The molecule has 1 aromatic carbocycles. The van der Waals surface area contributed by atoms with Gasteiger partial charge in [-0.3, -0.25) is 0 Å². The van der Waals surface area contributed by atoms with Gasteiger partial charge in [-0.15, -0.1) is 0 Å². The summed E-state index contributed by atoms with van der Waals surface area (Å²) in [5, 5.41) is 0.505. The molecule has 0 unspecified atom stereocenters. The Labute approximate surface area is 112 Å². The van der Waals surface area contributed by atoms with Crippen molar-refractivity contribution in [2.45, 2.75) is 20.8 Å². The Kier molecular flexibility index (Phi) is 3.82. The van der Waals surface area contributed by atoms with Gasteiger partial charge in [0.1, 0.15) is 17.3 Å². The zero-order chi connectivity index (χ0) is 13.1. The Bertz CT molecular complexity index is 537. The molecule has 0 aliphatic heterocycles. The van der Waals surface area contributed by atoms with E-state index in [1.165, 1.54) is 11.9 Å². The van der Waals surface area contributed by atoms with Crippen molar-refractivity contribution in [3.05, 3.63) is 46.9 Å². The monoisotopic (exact) mass is 261 g/mol. The van der Waals surface area contributed by atoms with Crippen molar-refractivity contribution in [2.24, 2.45) is 0 Å². The number of aromatic nitrogens is 2. The van der Waals surface area contributed by atoms with Gasteiger partial charge in [0.2, 0.25) is 0 Å². The fourth-order valence-electron chi connectivity index (χ4n) is 1.87. The number of halogens is 1. The number of aryl methyl sites for hydroxylation is 1. The van der Waals surface area contributed by atoms with Crippen LogP contribution in [0.4, 0.5) is 11.5 Å². The van der Waals surface area contributed by atoms with Crippen molar-refractivity contribution in [3.63, 3.8) is 0 Å². The van der Waals surface area contributed by atoms with Crippen LogP contribution in [0, 0.1) is 13.8 Å². The molecule has 1 aromatic heterocycles. The van der Waals surface area contributed by atoms with Gasteiger partial charge in [-0.1, -0.05) is 29.3 Å². The maximum absolute atomic E-state index is 6.05. The van der Waals surface area contributed by atoms with Crippen LogP contribution in [0.25, 0.3) is 0 Å². The van der Waals surface area contributed by atoms with Crippen molar-refractivity contribution in [2.75, 3.05) is 11.4 Å². The van der Waals surface area contributed by atoms with E-state index in [1.54, 1.807) is 0 Å². The van der Waals surface area contributed by atoms with Crippen LogP contribution >= 0.6 is 11.6 Å². The zero-order valence-corrected chi connectivity index (χ0v) is 11.6. The molecule has 0 aliphatic rings. The van der Waals surface area contributed by atoms with Crippen LogP contribution in [0.15, 0.2) is 30.6 Å². The maximum atomic E-state index is 6.05. The highest BCUT2D eigenvalue weighted by Gasteiger charge is 2.13. The van der Waals surface area contributed by atoms with Gasteiger partial charge in [0, 0.05) is 17.8 Å². The number of rotatable bonds is 3. The van der Waals surface area contributed by atoms with Gasteiger partial charge >= 0.3 is 0 Å². The van der Waals surface area contributed by atoms with Crippen LogP contribution in [0.2, 0.25) is 5.15 Å². The fraction of sp³-hybridized carbons (Fsp3) is 0.286. The van der Waals surface area contributed by atoms with E-state index in [1.807, 2.05) is 6.92 Å². The van der Waals surface area contributed by atoms with E-state index in [-0.39, 0.29) is 0 Å². The summed E-state index contributed by atoms with van der Waals surface area (Å²) in [6, 6.07) is 8.37. The Hall–Kier alpha value is -1.61. The average molecular weight is 262 g/mol. The molecular formula is C14H16ClN3. The second-order valence-corrected chi connectivity index (χ2v) is 4.55. The van der Waals surface area contributed by atoms with Gasteiger partial charge in [0.25, 0.3) is 0 Å². The Morgan fingerprint density at radius 3 is 2.39 bits per heavy atom. The quantitative estimate of drug-likeness (QED) is 0.785. The first kappa shape index (κ1) is 12.8. The lowest BCUT2D eigenvalue weighted by Gasteiger charge is -2.23. The lowest BCUT2D eigenvalue weighted by Crippen LogP contribution is -2.18. The zero-order valence-electron chi connectivity index (χ0n) is 10.8. The van der Waals surface area contributed by atoms with E-state index in [0.29, 0.717) is 5.15 Å². The van der Waals surface area contributed by atoms with Crippen molar-refractivity contribution >= 4 is 23.1 Å². The maximum Gasteiger partial charge on any atom is 0.140 e. The van der Waals surface area contributed by atoms with E-state index in [0.717, 1.165) is 23.6 Å². The molecule has 0 fully saturated rings. The van der Waals surface area contributed by atoms with E-state index in [9.17, 15) is 0 Å². The van der Waals surface area contributed by atoms with Crippen LogP contribution in [0.1, 0.15) is 18.1 Å². The highest BCUT2D eigenvalue weighted by atomic mass is 35.5. The second-order valence-electron chi connectivity index (χ2n) is 4.19. The third-order valence-electron chi connectivity index (χ3n) is 2.91. The number of anilines is 2. The Morgan fingerprint density at radius 1 is 1.11 bits per heavy atom. The summed E-state index contributed by atoms with van der Waals surface area (Å²) in [6.45, 7) is 6.94. The molecule has 2 aromatic rings. The molecule has 0 atom stereocenters. The van der Waals surface area contributed by atoms with Crippen LogP contribution < -0.4 is 4.90 Å². The minimum absolute atomic E-state index is 0.505. The first-order valence-electron chi connectivity index (χ1n) is 5.94. The predicted molar refractivity (Wildman–Crippen MR) is 75.6 cm³/mol. The molecule has 0 radical (unpaired) electrons. The molecule has 1 heterocycles. The van der Waals surface area contributed by atoms with Crippen molar-refractivity contribution in [1.82, 2.24) is 9.97 Å². The first-order valence-corrected chi connectivity index (χ1v) is 6.32. The highest BCUT2D eigenvalue weighted by molar-refractivity contribution is 6.30. The van der Waals surface area contributed by atoms with Crippen molar-refractivity contribution < 1.29 is 0 Å². The topological polar surface area (TPSA) is 29.0 Å². The second kappa shape index (κ2) is 5.36. The molecule has 0 bridgehead atoms. The number of hydrogen-bond donors (Lipinski definition) is 0. The summed E-state index contributed by atoms with van der Waals surface area (Å²) < 4.78 is 0. The average Bonchev–Trinajstić information content (AvgIpc) is 2.37. The molecule has 0 spiro atoms. The van der Waals surface area contributed by atoms with Crippen LogP contribution in [-0.2, 0) is 0 Å². The largest absolute Gasteiger partial charge is 0.326 e. The molecule has 0 saturated carbocycles. The predicted octanol–water partition coefficient (Wildman–Crippen LogP) is 3.90. The summed E-state index contributed by atoms with van der Waals surface area (Å²) in [4.78, 5) is 10.5. The number of nitrogens with zero attached hydrogens (tertiary/aromatic N) is 3. The Balaban J connectivity index is 2.45. The van der Waals surface area contributed by atoms with E-state index in [2.05, 4.69) is 53.0 Å². The normalized spacial score (nSPS) is 10.4. The van der Waals surface area contributed by atoms with Crippen molar-refractivity contribution in [3.8, 4) is 0 Å². The molecule has 3 nitrogen and oxygen atoms in total. The molecule has 18 heavy (non-hydrogen) atoms. The van der Waals surface area contributed by atoms with Gasteiger partial charge < -0.3 is 4.90 Å². The molecular weight excluding hydrogens is 246 g/mol. The smallest absolute Gasteiger partial charge is 0.140 e. The number of benzene rings is 1. The van der Waals surface area contributed by atoms with Gasteiger partial charge in [-0.05, 0) is 32.9 Å². The van der Waals surface area contributed by atoms with Gasteiger partial charge in [-0.2, -0.15) is 0 Å². The minimum atomic E-state index is 0.505. The minimum Gasteiger partial charge on any atom is -0.326 e. The highest BCUT2D eigenvalue weighted by Crippen LogP contribution is 2.28. The van der Waals surface area contributed by atoms with E-state index >= 15 is 0 Å². The molecule has 4 heteroatoms. The van der Waals surface area contributed by atoms with Crippen LogP contribution in [0.3, 0.4) is 0 Å². The SMILES string of the molecule is CCN(c1ccc(C)cc1)c1ncnc(Cl)c1C. The number of hydrogen-bond acceptors (Lipinski definition) is 3. The molecule has 0 amide bonds. The van der Waals surface area contributed by atoms with Crippen molar-refractivity contribution in [1.29, 1.82) is 0 Å². The first-order chi connectivity index (χ1) is 8.63. The Morgan fingerprint density at radius 2 is 1.78 bits per heavy atom. The summed E-state index contributed by atoms with van der Waals surface area (Å²) in [7, 11) is 0. The third-order valence-corrected chi connectivity index (χ3v) is 3.29. The molecule has 0 aliphatic carbocycles.